The number of para-hydroxylation sites is 2. The summed E-state index contributed by atoms with van der Waals surface area (Å²) in [5, 5.41) is 7.45. The number of hydrogen-bond donors (Lipinski definition) is 2. The van der Waals surface area contributed by atoms with Gasteiger partial charge in [-0.15, -0.1) is 0 Å². The molecule has 4 rings (SSSR count). The van der Waals surface area contributed by atoms with Crippen LogP contribution in [0.25, 0.3) is 22.2 Å². The van der Waals surface area contributed by atoms with Crippen LogP contribution in [0.15, 0.2) is 53.8 Å². The molecule has 8 nitrogen and oxygen atoms in total. The summed E-state index contributed by atoms with van der Waals surface area (Å²) in [6, 6.07) is 13.0. The maximum absolute atomic E-state index is 13.1. The van der Waals surface area contributed by atoms with Gasteiger partial charge in [-0.3, -0.25) is 9.78 Å². The number of nitrogens with two attached hydrogens (primary N) is 1. The molecule has 0 spiro atoms. The molecule has 4 aromatic rings. The van der Waals surface area contributed by atoms with Crippen molar-refractivity contribution in [3.05, 3.63) is 59.9 Å². The Hall–Kier alpha value is -3.81. The van der Waals surface area contributed by atoms with Gasteiger partial charge in [0.2, 0.25) is 0 Å². The number of fused-ring (bicyclic) bond motifs is 2. The topological polar surface area (TPSA) is 111 Å². The average molecular weight is 430 g/mol. The third-order valence-corrected chi connectivity index (χ3v) is 5.26. The fraction of sp³-hybridized carbons (Fsp3) is 0.292. The molecule has 8 heteroatoms. The number of pyridine rings is 1. The normalized spacial score (nSPS) is 11.5. The van der Waals surface area contributed by atoms with Gasteiger partial charge in [-0.2, -0.15) is 9.78 Å². The van der Waals surface area contributed by atoms with E-state index in [9.17, 15) is 4.79 Å². The van der Waals surface area contributed by atoms with Crippen LogP contribution in [0.5, 0.6) is 0 Å². The second-order valence-electron chi connectivity index (χ2n) is 7.63. The molecule has 0 radical (unpaired) electrons. The lowest BCUT2D eigenvalue weighted by atomic mass is 10.1. The van der Waals surface area contributed by atoms with E-state index in [4.69, 9.17) is 15.7 Å². The van der Waals surface area contributed by atoms with E-state index in [1.807, 2.05) is 42.5 Å². The van der Waals surface area contributed by atoms with Gasteiger partial charge < -0.3 is 11.1 Å². The van der Waals surface area contributed by atoms with Crippen LogP contribution in [0.2, 0.25) is 0 Å². The molecule has 0 bridgehead atoms. The number of nitrogens with one attached hydrogen (secondary N) is 1. The lowest BCUT2D eigenvalue weighted by Gasteiger charge is -2.05. The summed E-state index contributed by atoms with van der Waals surface area (Å²) >= 11 is 0. The van der Waals surface area contributed by atoms with Gasteiger partial charge in [0.25, 0.3) is 5.91 Å². The summed E-state index contributed by atoms with van der Waals surface area (Å²) in [5.74, 6) is -0.0645. The minimum absolute atomic E-state index is 0.200. The summed E-state index contributed by atoms with van der Waals surface area (Å²) in [6.45, 7) is 2.77. The Morgan fingerprint density at radius 1 is 1.06 bits per heavy atom. The van der Waals surface area contributed by atoms with Crippen LogP contribution >= 0.6 is 0 Å². The van der Waals surface area contributed by atoms with Gasteiger partial charge in [-0.1, -0.05) is 50.8 Å². The highest BCUT2D eigenvalue weighted by atomic mass is 16.1. The molecule has 3 heterocycles. The molecule has 0 saturated carbocycles. The number of unbranched alkanes of at least 4 members (excludes halogenated alkanes) is 4. The predicted octanol–water partition coefficient (Wildman–Crippen LogP) is 4.14. The van der Waals surface area contributed by atoms with Crippen LogP contribution in [0.1, 0.15) is 55.1 Å². The van der Waals surface area contributed by atoms with Gasteiger partial charge >= 0.3 is 0 Å². The van der Waals surface area contributed by atoms with E-state index in [0.717, 1.165) is 12.8 Å². The predicted molar refractivity (Wildman–Crippen MR) is 128 cm³/mol. The van der Waals surface area contributed by atoms with Crippen LogP contribution in [0, 0.1) is 0 Å². The number of benzene rings is 1. The van der Waals surface area contributed by atoms with Crippen molar-refractivity contribution >= 4 is 40.1 Å². The number of anilines is 1. The lowest BCUT2D eigenvalue weighted by molar-refractivity contribution is 0.0955. The average Bonchev–Trinajstić information content (AvgIpc) is 3.09. The van der Waals surface area contributed by atoms with Crippen LogP contribution in [-0.2, 0) is 0 Å². The molecule has 0 aliphatic rings. The molecule has 3 N–H and O–H groups in total. The van der Waals surface area contributed by atoms with E-state index < -0.39 is 0 Å². The largest absolute Gasteiger partial charge is 0.383 e. The third-order valence-electron chi connectivity index (χ3n) is 5.26. The first kappa shape index (κ1) is 21.4. The van der Waals surface area contributed by atoms with Crippen LogP contribution in [0.3, 0.4) is 0 Å². The van der Waals surface area contributed by atoms with Crippen LogP contribution in [-0.4, -0.2) is 38.3 Å². The van der Waals surface area contributed by atoms with E-state index in [1.54, 1.807) is 12.4 Å². The number of nitrogens with zero attached hydrogens (tertiary/aromatic N) is 5. The van der Waals surface area contributed by atoms with Gasteiger partial charge in [0.05, 0.1) is 22.9 Å². The summed E-state index contributed by atoms with van der Waals surface area (Å²) in [7, 11) is 0. The molecule has 0 atom stereocenters. The van der Waals surface area contributed by atoms with Crippen molar-refractivity contribution in [3.8, 4) is 0 Å². The molecule has 0 unspecified atom stereocenters. The van der Waals surface area contributed by atoms with Crippen molar-refractivity contribution < 1.29 is 4.79 Å². The van der Waals surface area contributed by atoms with E-state index in [2.05, 4.69) is 22.3 Å². The van der Waals surface area contributed by atoms with E-state index in [-0.39, 0.29) is 11.7 Å². The maximum Gasteiger partial charge on any atom is 0.257 e. The Kier molecular flexibility index (Phi) is 6.69. The van der Waals surface area contributed by atoms with Gasteiger partial charge in [0.1, 0.15) is 16.9 Å². The Labute approximate surface area is 186 Å². The summed E-state index contributed by atoms with van der Waals surface area (Å²) in [5.41, 5.74) is 9.63. The molecule has 1 amide bonds. The highest BCUT2D eigenvalue weighted by Gasteiger charge is 2.23. The zero-order valence-electron chi connectivity index (χ0n) is 18.2. The number of carbonyl (C=O) groups is 1. The first-order chi connectivity index (χ1) is 15.7. The third kappa shape index (κ3) is 4.59. The van der Waals surface area contributed by atoms with Crippen molar-refractivity contribution in [1.29, 1.82) is 0 Å². The molecule has 164 valence electrons. The Balaban J connectivity index is 1.69. The van der Waals surface area contributed by atoms with Crippen molar-refractivity contribution in [2.75, 3.05) is 12.3 Å². The molecule has 1 aromatic carbocycles. The standard InChI is InChI=1S/C24H27N7O/c1-2-3-4-5-9-15-27-24(32)20-21-23(30-19-13-7-6-12-18(19)29-21)31(22(20)25)28-16-17-11-8-10-14-26-17/h6-8,10-14,16H,2-5,9,15,25H2,1H3,(H,27,32)/b28-16-. The number of nitrogen functional groups attached to an aromatic ring is 1. The second-order valence-corrected chi connectivity index (χ2v) is 7.63. The number of carbonyl (C=O) groups excluding carboxylic acids is 1. The first-order valence-electron chi connectivity index (χ1n) is 11.0. The van der Waals surface area contributed by atoms with Crippen molar-refractivity contribution in [1.82, 2.24) is 24.9 Å². The van der Waals surface area contributed by atoms with Crippen molar-refractivity contribution in [2.24, 2.45) is 5.10 Å². The van der Waals surface area contributed by atoms with Crippen LogP contribution < -0.4 is 11.1 Å². The summed E-state index contributed by atoms with van der Waals surface area (Å²) in [4.78, 5) is 26.7. The molecule has 0 aliphatic carbocycles. The zero-order chi connectivity index (χ0) is 22.3. The Bertz CT molecular complexity index is 1250. The molecule has 32 heavy (non-hydrogen) atoms. The molecular formula is C24H27N7O. The minimum atomic E-state index is -0.264. The second kappa shape index (κ2) is 10.00. The molecule has 0 aliphatic heterocycles. The maximum atomic E-state index is 13.1. The molecule has 0 saturated heterocycles. The Morgan fingerprint density at radius 3 is 2.56 bits per heavy atom. The first-order valence-corrected chi connectivity index (χ1v) is 11.0. The molecular weight excluding hydrogens is 402 g/mol. The minimum Gasteiger partial charge on any atom is -0.383 e. The fourth-order valence-electron chi connectivity index (χ4n) is 3.58. The van der Waals surface area contributed by atoms with E-state index >= 15 is 0 Å². The summed E-state index contributed by atoms with van der Waals surface area (Å²) < 4.78 is 1.46. The fourth-order valence-corrected chi connectivity index (χ4v) is 3.58. The smallest absolute Gasteiger partial charge is 0.257 e. The highest BCUT2D eigenvalue weighted by molar-refractivity contribution is 6.10. The molecule has 3 aromatic heterocycles. The van der Waals surface area contributed by atoms with E-state index in [1.165, 1.54) is 23.9 Å². The zero-order valence-corrected chi connectivity index (χ0v) is 18.2. The van der Waals surface area contributed by atoms with Gasteiger partial charge in [-0.05, 0) is 30.7 Å². The lowest BCUT2D eigenvalue weighted by Crippen LogP contribution is -2.25. The van der Waals surface area contributed by atoms with E-state index in [0.29, 0.717) is 40.0 Å². The van der Waals surface area contributed by atoms with Crippen molar-refractivity contribution in [3.63, 3.8) is 0 Å². The Morgan fingerprint density at radius 2 is 1.81 bits per heavy atom. The van der Waals surface area contributed by atoms with Gasteiger partial charge in [-0.25, -0.2) is 9.97 Å². The van der Waals surface area contributed by atoms with Crippen LogP contribution in [0.4, 0.5) is 5.82 Å². The number of hydrogen-bond acceptors (Lipinski definition) is 6. The molecule has 0 fully saturated rings. The highest BCUT2D eigenvalue weighted by Crippen LogP contribution is 2.27. The van der Waals surface area contributed by atoms with Crippen molar-refractivity contribution in [2.45, 2.75) is 39.0 Å². The SMILES string of the molecule is CCCCCCCNC(=O)c1c(N)n(/N=C\c2ccccn2)c2nc3ccccc3nc12. The monoisotopic (exact) mass is 429 g/mol. The number of aromatic nitrogens is 4. The number of amides is 1. The van der Waals surface area contributed by atoms with Gasteiger partial charge in [0, 0.05) is 12.7 Å². The van der Waals surface area contributed by atoms with Gasteiger partial charge in [0.15, 0.2) is 5.65 Å². The quantitative estimate of drug-likeness (QED) is 0.307. The number of rotatable bonds is 9. The summed E-state index contributed by atoms with van der Waals surface area (Å²) in [6.07, 6.45) is 8.86.